The molecule has 1 aromatic carbocycles. The third kappa shape index (κ3) is 6.02. The quantitative estimate of drug-likeness (QED) is 0.504. The van der Waals surface area contributed by atoms with Crippen LogP contribution in [-0.4, -0.2) is 44.3 Å². The highest BCUT2D eigenvalue weighted by Gasteiger charge is 2.16. The minimum absolute atomic E-state index is 0.278. The van der Waals surface area contributed by atoms with Gasteiger partial charge < -0.3 is 10.6 Å². The summed E-state index contributed by atoms with van der Waals surface area (Å²) in [4.78, 5) is 9.48. The van der Waals surface area contributed by atoms with Crippen LogP contribution in [0.25, 0.3) is 0 Å². The fourth-order valence-electron chi connectivity index (χ4n) is 2.32. The number of benzene rings is 1. The maximum absolute atomic E-state index is 12.1. The summed E-state index contributed by atoms with van der Waals surface area (Å²) in [5.41, 5.74) is 2.04. The van der Waals surface area contributed by atoms with E-state index in [1.165, 1.54) is 18.4 Å². The van der Waals surface area contributed by atoms with Gasteiger partial charge >= 0.3 is 0 Å². The van der Waals surface area contributed by atoms with Crippen LogP contribution in [0, 0.1) is 0 Å². The lowest BCUT2D eigenvalue weighted by Crippen LogP contribution is -2.36. The lowest BCUT2D eigenvalue weighted by Gasteiger charge is -2.12. The van der Waals surface area contributed by atoms with Crippen molar-refractivity contribution in [3.05, 3.63) is 45.9 Å². The molecule has 0 unspecified atom stereocenters. The number of hydrogen-bond donors (Lipinski definition) is 2. The van der Waals surface area contributed by atoms with Gasteiger partial charge in [0, 0.05) is 26.0 Å². The normalized spacial score (nSPS) is 12.6. The van der Waals surface area contributed by atoms with Gasteiger partial charge in [-0.05, 0) is 30.5 Å². The summed E-state index contributed by atoms with van der Waals surface area (Å²) >= 11 is 1.64. The summed E-state index contributed by atoms with van der Waals surface area (Å²) < 4.78 is 25.5. The van der Waals surface area contributed by atoms with E-state index in [1.807, 2.05) is 6.92 Å². The molecule has 0 amide bonds. The van der Waals surface area contributed by atoms with Gasteiger partial charge in [0.25, 0.3) is 0 Å². The number of nitrogens with one attached hydrogen (secondary N) is 2. The molecule has 0 aliphatic carbocycles. The van der Waals surface area contributed by atoms with Crippen LogP contribution in [0.5, 0.6) is 0 Å². The predicted molar refractivity (Wildman–Crippen MR) is 115 cm³/mol. The number of aromatic nitrogens is 1. The van der Waals surface area contributed by atoms with Crippen LogP contribution in [0.4, 0.5) is 0 Å². The topological polar surface area (TPSA) is 86.7 Å². The Balaban J connectivity index is 2.01. The third-order valence-electron chi connectivity index (χ3n) is 4.03. The minimum atomic E-state index is -3.41. The zero-order valence-electron chi connectivity index (χ0n) is 17.1. The van der Waals surface area contributed by atoms with Crippen LogP contribution in [0.15, 0.2) is 39.5 Å². The van der Waals surface area contributed by atoms with E-state index in [2.05, 4.69) is 39.8 Å². The number of aliphatic imine (C=N–C) groups is 1. The summed E-state index contributed by atoms with van der Waals surface area (Å²) in [5, 5.41) is 9.62. The Bertz CT molecular complexity index is 887. The second-order valence-electron chi connectivity index (χ2n) is 6.80. The molecule has 0 atom stereocenters. The van der Waals surface area contributed by atoms with Crippen LogP contribution in [0.1, 0.15) is 43.0 Å². The highest BCUT2D eigenvalue weighted by atomic mass is 32.2. The molecule has 2 rings (SSSR count). The molecule has 0 aliphatic heterocycles. The van der Waals surface area contributed by atoms with Gasteiger partial charge in [0.15, 0.2) is 5.96 Å². The smallest absolute Gasteiger partial charge is 0.242 e. The SMILES string of the molecule is CCNC(=NCc1ccc(S(=O)(=O)N(C)C)cc1)NCc1nc(C(C)C)cs1. The molecule has 0 saturated carbocycles. The van der Waals surface area contributed by atoms with Gasteiger partial charge in [-0.3, -0.25) is 0 Å². The molecular weight excluding hydrogens is 394 g/mol. The molecule has 0 fully saturated rings. The lowest BCUT2D eigenvalue weighted by atomic mass is 10.2. The Hall–Kier alpha value is -1.97. The molecular formula is C19H29N5O2S2. The molecule has 9 heteroatoms. The zero-order valence-corrected chi connectivity index (χ0v) is 18.7. The summed E-state index contributed by atoms with van der Waals surface area (Å²) in [7, 11) is -0.365. The Morgan fingerprint density at radius 1 is 1.21 bits per heavy atom. The molecule has 0 radical (unpaired) electrons. The molecule has 0 saturated heterocycles. The first-order valence-corrected chi connectivity index (χ1v) is 11.5. The van der Waals surface area contributed by atoms with E-state index in [9.17, 15) is 8.42 Å². The van der Waals surface area contributed by atoms with Crippen LogP contribution < -0.4 is 10.6 Å². The average molecular weight is 424 g/mol. The number of rotatable bonds is 8. The second kappa shape index (κ2) is 9.99. The standard InChI is InChI=1S/C19H29N5O2S2/c1-6-20-19(22-12-18-23-17(13-27-18)14(2)3)21-11-15-7-9-16(10-8-15)28(25,26)24(4)5/h7-10,13-14H,6,11-12H2,1-5H3,(H2,20,21,22). The summed E-state index contributed by atoms with van der Waals surface area (Å²) in [6.45, 7) is 8.09. The maximum Gasteiger partial charge on any atom is 0.242 e. The number of hydrogen-bond acceptors (Lipinski definition) is 5. The van der Waals surface area contributed by atoms with Gasteiger partial charge in [-0.1, -0.05) is 26.0 Å². The molecule has 28 heavy (non-hydrogen) atoms. The lowest BCUT2D eigenvalue weighted by molar-refractivity contribution is 0.520. The van der Waals surface area contributed by atoms with Crippen LogP contribution in [0.2, 0.25) is 0 Å². The molecule has 0 aliphatic rings. The molecule has 2 aromatic rings. The molecule has 2 N–H and O–H groups in total. The van der Waals surface area contributed by atoms with Crippen molar-refractivity contribution in [2.45, 2.75) is 44.7 Å². The highest BCUT2D eigenvalue weighted by molar-refractivity contribution is 7.89. The average Bonchev–Trinajstić information content (AvgIpc) is 3.13. The van der Waals surface area contributed by atoms with Crippen molar-refractivity contribution in [2.75, 3.05) is 20.6 Å². The summed E-state index contributed by atoms with van der Waals surface area (Å²) in [6, 6.07) is 6.81. The van der Waals surface area contributed by atoms with Crippen molar-refractivity contribution in [3.63, 3.8) is 0 Å². The first-order valence-electron chi connectivity index (χ1n) is 9.22. The Labute approximate surface area is 172 Å². The van der Waals surface area contributed by atoms with Crippen molar-refractivity contribution in [2.24, 2.45) is 4.99 Å². The number of sulfonamides is 1. The Kier molecular flexibility index (Phi) is 7.97. The second-order valence-corrected chi connectivity index (χ2v) is 9.90. The minimum Gasteiger partial charge on any atom is -0.357 e. The van der Waals surface area contributed by atoms with E-state index in [-0.39, 0.29) is 4.90 Å². The maximum atomic E-state index is 12.1. The highest BCUT2D eigenvalue weighted by Crippen LogP contribution is 2.17. The van der Waals surface area contributed by atoms with Crippen LogP contribution in [0.3, 0.4) is 0 Å². The Morgan fingerprint density at radius 3 is 2.43 bits per heavy atom. The number of thiazole rings is 1. The van der Waals surface area contributed by atoms with Gasteiger partial charge in [0.1, 0.15) is 5.01 Å². The monoisotopic (exact) mass is 423 g/mol. The number of nitrogens with zero attached hydrogens (tertiary/aromatic N) is 3. The molecule has 0 bridgehead atoms. The van der Waals surface area contributed by atoms with E-state index in [1.54, 1.807) is 35.6 Å². The van der Waals surface area contributed by atoms with Crippen molar-refractivity contribution >= 4 is 27.3 Å². The molecule has 0 spiro atoms. The van der Waals surface area contributed by atoms with Crippen LogP contribution >= 0.6 is 11.3 Å². The van der Waals surface area contributed by atoms with E-state index >= 15 is 0 Å². The zero-order chi connectivity index (χ0) is 20.7. The van der Waals surface area contributed by atoms with Crippen molar-refractivity contribution in [3.8, 4) is 0 Å². The predicted octanol–water partition coefficient (Wildman–Crippen LogP) is 2.77. The van der Waals surface area contributed by atoms with Gasteiger partial charge in [-0.15, -0.1) is 11.3 Å². The largest absolute Gasteiger partial charge is 0.357 e. The van der Waals surface area contributed by atoms with E-state index in [4.69, 9.17) is 0 Å². The van der Waals surface area contributed by atoms with Gasteiger partial charge in [0.2, 0.25) is 10.0 Å². The van der Waals surface area contributed by atoms with Crippen molar-refractivity contribution < 1.29 is 8.42 Å². The van der Waals surface area contributed by atoms with E-state index in [0.717, 1.165) is 22.8 Å². The molecule has 1 aromatic heterocycles. The molecule has 154 valence electrons. The first kappa shape index (κ1) is 22.3. The Morgan fingerprint density at radius 2 is 1.89 bits per heavy atom. The van der Waals surface area contributed by atoms with Gasteiger partial charge in [0.05, 0.1) is 23.7 Å². The fourth-order valence-corrected chi connectivity index (χ4v) is 4.12. The molecule has 1 heterocycles. The summed E-state index contributed by atoms with van der Waals surface area (Å²) in [6.07, 6.45) is 0. The van der Waals surface area contributed by atoms with Gasteiger partial charge in [-0.2, -0.15) is 0 Å². The van der Waals surface area contributed by atoms with Gasteiger partial charge in [-0.25, -0.2) is 22.7 Å². The van der Waals surface area contributed by atoms with Crippen molar-refractivity contribution in [1.29, 1.82) is 0 Å². The van der Waals surface area contributed by atoms with Crippen LogP contribution in [-0.2, 0) is 23.1 Å². The van der Waals surface area contributed by atoms with E-state index in [0.29, 0.717) is 25.0 Å². The fraction of sp³-hybridized carbons (Fsp3) is 0.474. The first-order chi connectivity index (χ1) is 13.2. The molecule has 7 nitrogen and oxygen atoms in total. The number of guanidine groups is 1. The summed E-state index contributed by atoms with van der Waals surface area (Å²) in [5.74, 6) is 1.12. The third-order valence-corrected chi connectivity index (χ3v) is 6.73. The van der Waals surface area contributed by atoms with Crippen molar-refractivity contribution in [1.82, 2.24) is 19.9 Å². The van der Waals surface area contributed by atoms with E-state index < -0.39 is 10.0 Å².